The molecule has 0 bridgehead atoms. The van der Waals surface area contributed by atoms with E-state index >= 15 is 0 Å². The number of nitrogens with one attached hydrogen (secondary N) is 2. The second kappa shape index (κ2) is 4.14. The molecule has 6 heteroatoms. The molecule has 0 atom stereocenters. The second-order valence-corrected chi connectivity index (χ2v) is 4.55. The van der Waals surface area contributed by atoms with Crippen LogP contribution >= 0.6 is 0 Å². The van der Waals surface area contributed by atoms with E-state index in [1.807, 2.05) is 0 Å². The highest BCUT2D eigenvalue weighted by molar-refractivity contribution is 7.94. The number of sulfone groups is 1. The minimum absolute atomic E-state index is 0.472. The molecule has 0 saturated carbocycles. The van der Waals surface area contributed by atoms with Gasteiger partial charge in [0.05, 0.1) is 11.5 Å². The van der Waals surface area contributed by atoms with Gasteiger partial charge in [-0.3, -0.25) is 0 Å². The summed E-state index contributed by atoms with van der Waals surface area (Å²) in [4.78, 5) is 0. The van der Waals surface area contributed by atoms with Crippen molar-refractivity contribution in [2.75, 3.05) is 18.8 Å². The van der Waals surface area contributed by atoms with Crippen LogP contribution in [0.25, 0.3) is 0 Å². The van der Waals surface area contributed by atoms with Crippen LogP contribution < -0.4 is 10.6 Å². The van der Waals surface area contributed by atoms with Gasteiger partial charge in [-0.2, -0.15) is 5.26 Å². The van der Waals surface area contributed by atoms with Crippen LogP contribution in [0.1, 0.15) is 6.42 Å². The van der Waals surface area contributed by atoms with Gasteiger partial charge in [0.25, 0.3) is 0 Å². The molecule has 13 heavy (non-hydrogen) atoms. The van der Waals surface area contributed by atoms with Crippen LogP contribution in [0, 0.1) is 11.3 Å². The van der Waals surface area contributed by atoms with Crippen molar-refractivity contribution in [1.29, 1.82) is 5.26 Å². The van der Waals surface area contributed by atoms with E-state index in [2.05, 4.69) is 10.6 Å². The maximum atomic E-state index is 11.1. The molecule has 0 amide bonds. The van der Waals surface area contributed by atoms with Crippen LogP contribution in [-0.4, -0.2) is 27.3 Å². The van der Waals surface area contributed by atoms with Gasteiger partial charge in [0.15, 0.2) is 9.84 Å². The maximum absolute atomic E-state index is 11.1. The third kappa shape index (κ3) is 3.34. The van der Waals surface area contributed by atoms with E-state index in [9.17, 15) is 8.42 Å². The molecule has 0 aromatic rings. The fraction of sp³-hybridized carbons (Fsp3) is 0.571. The van der Waals surface area contributed by atoms with Crippen molar-refractivity contribution in [3.8, 4) is 6.07 Å². The second-order valence-electron chi connectivity index (χ2n) is 2.70. The molecule has 0 unspecified atom stereocenters. The minimum Gasteiger partial charge on any atom is -0.371 e. The molecule has 1 saturated heterocycles. The van der Waals surface area contributed by atoms with Crippen molar-refractivity contribution >= 4 is 9.84 Å². The monoisotopic (exact) mass is 201 g/mol. The highest BCUT2D eigenvalue weighted by Crippen LogP contribution is 1.98. The molecule has 0 aliphatic carbocycles. The molecule has 1 rings (SSSR count). The van der Waals surface area contributed by atoms with Gasteiger partial charge in [-0.05, 0) is 6.42 Å². The average molecular weight is 201 g/mol. The van der Waals surface area contributed by atoms with Gasteiger partial charge in [-0.15, -0.1) is 0 Å². The van der Waals surface area contributed by atoms with Crippen LogP contribution in [0.2, 0.25) is 0 Å². The van der Waals surface area contributed by atoms with Crippen molar-refractivity contribution in [1.82, 2.24) is 10.6 Å². The van der Waals surface area contributed by atoms with E-state index in [0.29, 0.717) is 5.82 Å². The number of hydrogen-bond acceptors (Lipinski definition) is 5. The first kappa shape index (κ1) is 9.86. The van der Waals surface area contributed by atoms with Crippen molar-refractivity contribution in [2.24, 2.45) is 0 Å². The fourth-order valence-corrected chi connectivity index (χ4v) is 1.78. The van der Waals surface area contributed by atoms with Crippen LogP contribution in [0.15, 0.2) is 11.2 Å². The molecule has 0 aromatic carbocycles. The van der Waals surface area contributed by atoms with Gasteiger partial charge in [0, 0.05) is 13.1 Å². The molecule has 2 N–H and O–H groups in total. The quantitative estimate of drug-likeness (QED) is 0.617. The predicted octanol–water partition coefficient (Wildman–Crippen LogP) is -0.693. The van der Waals surface area contributed by atoms with Crippen molar-refractivity contribution in [3.63, 3.8) is 0 Å². The van der Waals surface area contributed by atoms with E-state index < -0.39 is 15.6 Å². The van der Waals surface area contributed by atoms with Crippen LogP contribution in [0.4, 0.5) is 0 Å². The summed E-state index contributed by atoms with van der Waals surface area (Å²) in [5.41, 5.74) is 0. The number of hydrogen-bond donors (Lipinski definition) is 2. The highest BCUT2D eigenvalue weighted by atomic mass is 32.2. The SMILES string of the molecule is N#CCS(=O)(=O)C=C1NCCCN1. The Morgan fingerprint density at radius 1 is 1.46 bits per heavy atom. The molecular weight excluding hydrogens is 190 g/mol. The molecule has 1 heterocycles. The molecule has 0 spiro atoms. The Hall–Kier alpha value is -1.22. The summed E-state index contributed by atoms with van der Waals surface area (Å²) in [6, 6.07) is 1.61. The largest absolute Gasteiger partial charge is 0.371 e. The lowest BCUT2D eigenvalue weighted by atomic mass is 10.3. The molecule has 5 nitrogen and oxygen atoms in total. The number of nitrogens with zero attached hydrogens (tertiary/aromatic N) is 1. The fourth-order valence-electron chi connectivity index (χ4n) is 0.992. The first-order valence-electron chi connectivity index (χ1n) is 3.93. The van der Waals surface area contributed by atoms with Gasteiger partial charge in [-0.1, -0.05) is 0 Å². The first-order chi connectivity index (χ1) is 6.14. The summed E-state index contributed by atoms with van der Waals surface area (Å²) in [6.45, 7) is 1.53. The van der Waals surface area contributed by atoms with E-state index in [1.165, 1.54) is 0 Å². The molecule has 0 aromatic heterocycles. The Labute approximate surface area is 77.4 Å². The summed E-state index contributed by atoms with van der Waals surface area (Å²) in [5.74, 6) is 0.0151. The Morgan fingerprint density at radius 3 is 2.62 bits per heavy atom. The summed E-state index contributed by atoms with van der Waals surface area (Å²) in [6.07, 6.45) is 0.968. The minimum atomic E-state index is -3.38. The molecular formula is C7H11N3O2S. The van der Waals surface area contributed by atoms with Gasteiger partial charge in [-0.25, -0.2) is 8.42 Å². The van der Waals surface area contributed by atoms with E-state index in [1.54, 1.807) is 6.07 Å². The van der Waals surface area contributed by atoms with Crippen molar-refractivity contribution in [3.05, 3.63) is 11.2 Å². The Kier molecular flexibility index (Phi) is 3.14. The molecule has 0 radical (unpaired) electrons. The highest BCUT2D eigenvalue weighted by Gasteiger charge is 2.10. The molecule has 1 aliphatic rings. The standard InChI is InChI=1S/C7H11N3O2S/c8-2-5-13(11,12)6-7-9-3-1-4-10-7/h6,9-10H,1,3-5H2. The van der Waals surface area contributed by atoms with Gasteiger partial charge >= 0.3 is 0 Å². The first-order valence-corrected chi connectivity index (χ1v) is 5.65. The smallest absolute Gasteiger partial charge is 0.188 e. The number of rotatable bonds is 2. The summed E-state index contributed by atoms with van der Waals surface area (Å²) >= 11 is 0. The lowest BCUT2D eigenvalue weighted by Gasteiger charge is -2.18. The topological polar surface area (TPSA) is 82.0 Å². The van der Waals surface area contributed by atoms with E-state index in [0.717, 1.165) is 24.9 Å². The zero-order valence-electron chi connectivity index (χ0n) is 7.08. The van der Waals surface area contributed by atoms with Crippen LogP contribution in [-0.2, 0) is 9.84 Å². The summed E-state index contributed by atoms with van der Waals surface area (Å²) < 4.78 is 22.2. The van der Waals surface area contributed by atoms with Crippen molar-refractivity contribution < 1.29 is 8.42 Å². The third-order valence-corrected chi connectivity index (χ3v) is 2.67. The lowest BCUT2D eigenvalue weighted by molar-refractivity contribution is 0.570. The number of nitriles is 1. The molecule has 72 valence electrons. The zero-order chi connectivity index (χ0) is 9.73. The summed E-state index contributed by atoms with van der Waals surface area (Å²) in [5, 5.41) is 15.1. The Morgan fingerprint density at radius 2 is 2.08 bits per heavy atom. The van der Waals surface area contributed by atoms with E-state index in [4.69, 9.17) is 5.26 Å². The predicted molar refractivity (Wildman–Crippen MR) is 48.1 cm³/mol. The maximum Gasteiger partial charge on any atom is 0.188 e. The molecule has 1 aliphatic heterocycles. The van der Waals surface area contributed by atoms with Gasteiger partial charge < -0.3 is 10.6 Å². The van der Waals surface area contributed by atoms with E-state index in [-0.39, 0.29) is 0 Å². The zero-order valence-corrected chi connectivity index (χ0v) is 7.89. The van der Waals surface area contributed by atoms with Gasteiger partial charge in [0.1, 0.15) is 11.6 Å². The van der Waals surface area contributed by atoms with Gasteiger partial charge in [0.2, 0.25) is 0 Å². The Balaban J connectivity index is 2.69. The average Bonchev–Trinajstić information content (AvgIpc) is 2.04. The lowest BCUT2D eigenvalue weighted by Crippen LogP contribution is -2.35. The summed E-state index contributed by atoms with van der Waals surface area (Å²) in [7, 11) is -3.38. The molecule has 1 fully saturated rings. The normalized spacial score (nSPS) is 16.7. The Bertz CT molecular complexity index is 331. The van der Waals surface area contributed by atoms with Crippen molar-refractivity contribution in [2.45, 2.75) is 6.42 Å². The van der Waals surface area contributed by atoms with Crippen LogP contribution in [0.5, 0.6) is 0 Å². The third-order valence-electron chi connectivity index (χ3n) is 1.55. The van der Waals surface area contributed by atoms with Crippen LogP contribution in [0.3, 0.4) is 0 Å².